The van der Waals surface area contributed by atoms with Gasteiger partial charge in [-0.05, 0) is 11.8 Å². The first-order chi connectivity index (χ1) is 4.88. The number of hydrogen-bond donors (Lipinski definition) is 0. The zero-order chi connectivity index (χ0) is 6.97. The SMILES string of the molecule is O=C1SCN2C=COCN12. The van der Waals surface area contributed by atoms with Crippen molar-refractivity contribution in [2.24, 2.45) is 0 Å². The van der Waals surface area contributed by atoms with Crippen LogP contribution >= 0.6 is 11.8 Å². The second kappa shape index (κ2) is 2.09. The van der Waals surface area contributed by atoms with Gasteiger partial charge in [0.15, 0.2) is 6.73 Å². The third-order valence-corrected chi connectivity index (χ3v) is 2.22. The number of amides is 1. The van der Waals surface area contributed by atoms with Gasteiger partial charge < -0.3 is 4.74 Å². The van der Waals surface area contributed by atoms with E-state index < -0.39 is 0 Å². The number of fused-ring (bicyclic) bond motifs is 1. The maximum Gasteiger partial charge on any atom is 0.305 e. The molecule has 0 aromatic carbocycles. The van der Waals surface area contributed by atoms with Crippen LogP contribution in [0.25, 0.3) is 0 Å². The van der Waals surface area contributed by atoms with Crippen LogP contribution in [-0.2, 0) is 4.74 Å². The fraction of sp³-hybridized carbons (Fsp3) is 0.400. The number of carbonyl (C=O) groups excluding carboxylic acids is 1. The lowest BCUT2D eigenvalue weighted by Crippen LogP contribution is -2.38. The van der Waals surface area contributed by atoms with Gasteiger partial charge in [-0.15, -0.1) is 0 Å². The normalized spacial score (nSPS) is 23.0. The summed E-state index contributed by atoms with van der Waals surface area (Å²) in [7, 11) is 0. The molecule has 0 saturated carbocycles. The number of thioether (sulfide) groups is 1. The lowest BCUT2D eigenvalue weighted by molar-refractivity contribution is -0.0112. The Labute approximate surface area is 62.4 Å². The number of hydrazine groups is 1. The summed E-state index contributed by atoms with van der Waals surface area (Å²) >= 11 is 1.28. The Kier molecular flexibility index (Phi) is 1.23. The summed E-state index contributed by atoms with van der Waals surface area (Å²) in [5, 5.41) is 3.45. The molecule has 0 unspecified atom stereocenters. The van der Waals surface area contributed by atoms with Crippen LogP contribution in [0.15, 0.2) is 12.5 Å². The first kappa shape index (κ1) is 5.91. The summed E-state index contributed by atoms with van der Waals surface area (Å²) in [5.74, 6) is 0.707. The van der Waals surface area contributed by atoms with Gasteiger partial charge in [-0.2, -0.15) is 0 Å². The number of rotatable bonds is 0. The van der Waals surface area contributed by atoms with Gasteiger partial charge >= 0.3 is 5.24 Å². The van der Waals surface area contributed by atoms with Gasteiger partial charge in [0.25, 0.3) is 0 Å². The number of ether oxygens (including phenoxy) is 1. The highest BCUT2D eigenvalue weighted by molar-refractivity contribution is 8.13. The maximum absolute atomic E-state index is 10.9. The molecule has 4 nitrogen and oxygen atoms in total. The van der Waals surface area contributed by atoms with E-state index in [1.807, 2.05) is 5.01 Å². The van der Waals surface area contributed by atoms with Crippen LogP contribution in [0, 0.1) is 0 Å². The fourth-order valence-electron chi connectivity index (χ4n) is 0.848. The quantitative estimate of drug-likeness (QED) is 0.521. The van der Waals surface area contributed by atoms with Crippen LogP contribution in [-0.4, -0.2) is 27.9 Å². The van der Waals surface area contributed by atoms with Crippen LogP contribution in [0.2, 0.25) is 0 Å². The average molecular weight is 158 g/mol. The second-order valence-corrected chi connectivity index (χ2v) is 2.86. The number of nitrogens with zero attached hydrogens (tertiary/aromatic N) is 2. The highest BCUT2D eigenvalue weighted by Gasteiger charge is 2.29. The summed E-state index contributed by atoms with van der Waals surface area (Å²) in [5.41, 5.74) is 0. The molecule has 1 amide bonds. The van der Waals surface area contributed by atoms with Crippen molar-refractivity contribution >= 4 is 17.0 Å². The van der Waals surface area contributed by atoms with Gasteiger partial charge in [-0.25, -0.2) is 5.01 Å². The molecular weight excluding hydrogens is 152 g/mol. The van der Waals surface area contributed by atoms with Crippen molar-refractivity contribution in [3.63, 3.8) is 0 Å². The van der Waals surface area contributed by atoms with E-state index in [0.717, 1.165) is 0 Å². The first-order valence-electron chi connectivity index (χ1n) is 2.87. The minimum atomic E-state index is 0.0596. The zero-order valence-electron chi connectivity index (χ0n) is 5.19. The van der Waals surface area contributed by atoms with Crippen LogP contribution < -0.4 is 0 Å². The minimum Gasteiger partial charge on any atom is -0.477 e. The molecule has 0 aromatic rings. The highest BCUT2D eigenvalue weighted by atomic mass is 32.2. The molecule has 2 aliphatic heterocycles. The fourth-order valence-corrected chi connectivity index (χ4v) is 1.62. The second-order valence-electron chi connectivity index (χ2n) is 1.96. The molecule has 0 aromatic heterocycles. The van der Waals surface area contributed by atoms with E-state index in [1.165, 1.54) is 11.8 Å². The molecule has 0 aliphatic carbocycles. The van der Waals surface area contributed by atoms with E-state index in [9.17, 15) is 4.79 Å². The number of carbonyl (C=O) groups is 1. The van der Waals surface area contributed by atoms with Gasteiger partial charge in [0, 0.05) is 0 Å². The molecule has 10 heavy (non-hydrogen) atoms. The maximum atomic E-state index is 10.9. The van der Waals surface area contributed by atoms with Gasteiger partial charge in [0.1, 0.15) is 6.26 Å². The lowest BCUT2D eigenvalue weighted by Gasteiger charge is -2.27. The summed E-state index contributed by atoms with van der Waals surface area (Å²) in [4.78, 5) is 10.9. The standard InChI is InChI=1S/C5H6N2O2S/c8-5-7-3-9-2-1-6(7)4-10-5/h1-2H,3-4H2. The van der Waals surface area contributed by atoms with Gasteiger partial charge in [-0.3, -0.25) is 9.80 Å². The molecule has 0 bridgehead atoms. The molecule has 0 atom stereocenters. The third kappa shape index (κ3) is 0.740. The summed E-state index contributed by atoms with van der Waals surface area (Å²) in [6.45, 7) is 0.350. The Morgan fingerprint density at radius 3 is 3.40 bits per heavy atom. The van der Waals surface area contributed by atoms with Crippen LogP contribution in [0.4, 0.5) is 4.79 Å². The number of hydrogen-bond acceptors (Lipinski definition) is 4. The first-order valence-corrected chi connectivity index (χ1v) is 3.85. The minimum absolute atomic E-state index is 0.0596. The van der Waals surface area contributed by atoms with E-state index in [4.69, 9.17) is 4.74 Å². The predicted molar refractivity (Wildman–Crippen MR) is 36.6 cm³/mol. The van der Waals surface area contributed by atoms with Gasteiger partial charge in [-0.1, -0.05) is 0 Å². The van der Waals surface area contributed by atoms with Crippen molar-refractivity contribution in [2.45, 2.75) is 0 Å². The van der Waals surface area contributed by atoms with E-state index in [-0.39, 0.29) is 5.24 Å². The topological polar surface area (TPSA) is 32.8 Å². The summed E-state index contributed by atoms with van der Waals surface area (Å²) in [6, 6.07) is 0. The molecule has 2 heterocycles. The Hall–Kier alpha value is -0.840. The Bertz CT molecular complexity index is 194. The summed E-state index contributed by atoms with van der Waals surface area (Å²) in [6.07, 6.45) is 3.34. The van der Waals surface area contributed by atoms with Crippen LogP contribution in [0.5, 0.6) is 0 Å². The zero-order valence-corrected chi connectivity index (χ0v) is 6.00. The Morgan fingerprint density at radius 1 is 1.70 bits per heavy atom. The van der Waals surface area contributed by atoms with E-state index in [0.29, 0.717) is 12.6 Å². The molecule has 2 rings (SSSR count). The van der Waals surface area contributed by atoms with Crippen LogP contribution in [0.3, 0.4) is 0 Å². The lowest BCUT2D eigenvalue weighted by atomic mass is 10.8. The van der Waals surface area contributed by atoms with E-state index in [1.54, 1.807) is 17.5 Å². The predicted octanol–water partition coefficient (Wildman–Crippen LogP) is 0.789. The monoisotopic (exact) mass is 158 g/mol. The van der Waals surface area contributed by atoms with Crippen molar-refractivity contribution in [3.8, 4) is 0 Å². The molecular formula is C5H6N2O2S. The van der Waals surface area contributed by atoms with Crippen molar-refractivity contribution < 1.29 is 9.53 Å². The average Bonchev–Trinajstić information content (AvgIpc) is 2.34. The van der Waals surface area contributed by atoms with E-state index in [2.05, 4.69) is 0 Å². The van der Waals surface area contributed by atoms with Crippen molar-refractivity contribution in [1.29, 1.82) is 0 Å². The molecule has 2 aliphatic rings. The molecule has 5 heteroatoms. The van der Waals surface area contributed by atoms with E-state index >= 15 is 0 Å². The smallest absolute Gasteiger partial charge is 0.305 e. The highest BCUT2D eigenvalue weighted by Crippen LogP contribution is 2.24. The van der Waals surface area contributed by atoms with Crippen LogP contribution in [0.1, 0.15) is 0 Å². The molecule has 0 N–H and O–H groups in total. The largest absolute Gasteiger partial charge is 0.477 e. The van der Waals surface area contributed by atoms with Crippen molar-refractivity contribution in [1.82, 2.24) is 10.0 Å². The summed E-state index contributed by atoms with van der Waals surface area (Å²) < 4.78 is 4.92. The third-order valence-electron chi connectivity index (χ3n) is 1.37. The van der Waals surface area contributed by atoms with Gasteiger partial charge in [0.2, 0.25) is 0 Å². The molecule has 0 radical (unpaired) electrons. The molecule has 1 saturated heterocycles. The molecule has 1 fully saturated rings. The Morgan fingerprint density at radius 2 is 2.60 bits per heavy atom. The van der Waals surface area contributed by atoms with Crippen molar-refractivity contribution in [3.05, 3.63) is 12.5 Å². The molecule has 54 valence electrons. The Balaban J connectivity index is 2.19. The molecule has 0 spiro atoms. The van der Waals surface area contributed by atoms with Gasteiger partial charge in [0.05, 0.1) is 12.1 Å². The van der Waals surface area contributed by atoms with Crippen molar-refractivity contribution in [2.75, 3.05) is 12.6 Å².